The van der Waals surface area contributed by atoms with Crippen molar-refractivity contribution < 1.29 is 29.0 Å². The molecule has 4 rings (SSSR count). The van der Waals surface area contributed by atoms with Crippen molar-refractivity contribution in [2.24, 2.45) is 10.8 Å². The average molecular weight is 577 g/mol. The zero-order valence-corrected chi connectivity index (χ0v) is 22.1. The molecule has 2 heterocycles. The predicted octanol–water partition coefficient (Wildman–Crippen LogP) is 1.52. The molecule has 206 valence electrons. The number of hydrogen-bond donors (Lipinski definition) is 6. The summed E-state index contributed by atoms with van der Waals surface area (Å²) in [5.74, 6) is 3.06. The first-order valence-corrected chi connectivity index (χ1v) is 12.6. The Hall–Kier alpha value is -3.84. The summed E-state index contributed by atoms with van der Waals surface area (Å²) in [6.07, 6.45) is 1.93. The van der Waals surface area contributed by atoms with E-state index in [1.807, 2.05) is 12.1 Å². The van der Waals surface area contributed by atoms with Crippen LogP contribution in [0.5, 0.6) is 0 Å². The second kappa shape index (κ2) is 12.3. The Labute approximate surface area is 232 Å². The van der Waals surface area contributed by atoms with E-state index < -0.39 is 17.9 Å². The van der Waals surface area contributed by atoms with E-state index in [9.17, 15) is 19.5 Å². The van der Waals surface area contributed by atoms with Gasteiger partial charge in [-0.05, 0) is 41.8 Å². The van der Waals surface area contributed by atoms with Crippen molar-refractivity contribution >= 4 is 57.9 Å². The van der Waals surface area contributed by atoms with Crippen LogP contribution in [-0.2, 0) is 17.8 Å². The lowest BCUT2D eigenvalue weighted by Crippen LogP contribution is -2.46. The maximum atomic E-state index is 13.2. The third-order valence-electron chi connectivity index (χ3n) is 6.20. The number of guanidine groups is 1. The van der Waals surface area contributed by atoms with Gasteiger partial charge in [0, 0.05) is 30.6 Å². The van der Waals surface area contributed by atoms with Crippen molar-refractivity contribution in [3.63, 3.8) is 0 Å². The molecule has 1 atom stereocenters. The van der Waals surface area contributed by atoms with Gasteiger partial charge in [-0.25, -0.2) is 15.6 Å². The van der Waals surface area contributed by atoms with Crippen molar-refractivity contribution in [3.05, 3.63) is 68.9 Å². The first kappa shape index (κ1) is 28.2. The molecule has 0 saturated carbocycles. The molecule has 14 heteroatoms. The van der Waals surface area contributed by atoms with E-state index in [1.165, 1.54) is 0 Å². The zero-order valence-electron chi connectivity index (χ0n) is 20.5. The first-order valence-electron chi connectivity index (χ1n) is 11.9. The number of aliphatic carboxylic acids is 1. The topological polar surface area (TPSA) is 183 Å². The zero-order chi connectivity index (χ0) is 28.1. The van der Waals surface area contributed by atoms with Crippen LogP contribution in [0.25, 0.3) is 11.0 Å². The molecule has 2 aromatic carbocycles. The molecule has 0 saturated heterocycles. The highest BCUT2D eigenvalue weighted by molar-refractivity contribution is 6.40. The highest BCUT2D eigenvalue weighted by atomic mass is 35.5. The lowest BCUT2D eigenvalue weighted by molar-refractivity contribution is -0.138. The summed E-state index contributed by atoms with van der Waals surface area (Å²) < 4.78 is 5.40. The molecule has 0 bridgehead atoms. The largest absolute Gasteiger partial charge is 0.480 e. The lowest BCUT2D eigenvalue weighted by atomic mass is 9.96. The smallest absolute Gasteiger partial charge is 0.328 e. The highest BCUT2D eigenvalue weighted by Crippen LogP contribution is 2.35. The second-order valence-electron chi connectivity index (χ2n) is 8.68. The van der Waals surface area contributed by atoms with Crippen LogP contribution >= 0.6 is 23.2 Å². The third-order valence-corrected chi connectivity index (χ3v) is 6.91. The first-order chi connectivity index (χ1) is 18.7. The summed E-state index contributed by atoms with van der Waals surface area (Å²) in [4.78, 5) is 43.6. The van der Waals surface area contributed by atoms with Gasteiger partial charge in [-0.2, -0.15) is 0 Å². The minimum absolute atomic E-state index is 0.0177. The number of fused-ring (bicyclic) bond motifs is 2. The molecule has 3 aromatic rings. The van der Waals surface area contributed by atoms with E-state index in [2.05, 4.69) is 21.1 Å². The summed E-state index contributed by atoms with van der Waals surface area (Å²) >= 11 is 13.0. The molecule has 1 aromatic heterocycles. The maximum absolute atomic E-state index is 13.2. The van der Waals surface area contributed by atoms with Crippen LogP contribution < -0.4 is 21.9 Å². The fourth-order valence-corrected chi connectivity index (χ4v) is 4.99. The summed E-state index contributed by atoms with van der Waals surface area (Å²) in [6.45, 7) is 0.165. The molecule has 12 nitrogen and oxygen atoms in total. The Bertz CT molecular complexity index is 1440. The highest BCUT2D eigenvalue weighted by Gasteiger charge is 2.29. The van der Waals surface area contributed by atoms with Crippen LogP contribution in [0.15, 0.2) is 46.0 Å². The Morgan fingerprint density at radius 3 is 2.72 bits per heavy atom. The number of nitrogens with two attached hydrogens (primary N) is 1. The predicted molar refractivity (Wildman–Crippen MR) is 145 cm³/mol. The Morgan fingerprint density at radius 1 is 1.21 bits per heavy atom. The van der Waals surface area contributed by atoms with Gasteiger partial charge < -0.3 is 30.2 Å². The minimum Gasteiger partial charge on any atom is -0.480 e. The number of nitrogens with one attached hydrogen (secondary N) is 3. The van der Waals surface area contributed by atoms with Crippen LogP contribution in [0.4, 0.5) is 0 Å². The van der Waals surface area contributed by atoms with E-state index in [0.717, 1.165) is 5.39 Å². The summed E-state index contributed by atoms with van der Waals surface area (Å²) in [5, 5.41) is 24.5. The molecular formula is C25H26Cl2N6O6. The van der Waals surface area contributed by atoms with Crippen molar-refractivity contribution in [1.29, 1.82) is 0 Å². The van der Waals surface area contributed by atoms with Gasteiger partial charge in [0.15, 0.2) is 0 Å². The Balaban J connectivity index is 1.50. The van der Waals surface area contributed by atoms with Crippen LogP contribution in [0, 0.1) is 0 Å². The molecule has 0 spiro atoms. The number of carbonyl (C=O) groups excluding carboxylic acids is 2. The van der Waals surface area contributed by atoms with E-state index in [4.69, 9.17) is 38.6 Å². The summed E-state index contributed by atoms with van der Waals surface area (Å²) in [6, 6.07) is 7.21. The Morgan fingerprint density at radius 2 is 2.00 bits per heavy atom. The molecule has 1 aliphatic heterocycles. The van der Waals surface area contributed by atoms with Crippen LogP contribution in [0.1, 0.15) is 31.8 Å². The van der Waals surface area contributed by atoms with Gasteiger partial charge in [0.2, 0.25) is 5.96 Å². The number of carboxylic acids is 1. The van der Waals surface area contributed by atoms with Gasteiger partial charge >= 0.3 is 5.97 Å². The normalized spacial score (nSPS) is 14.1. The van der Waals surface area contributed by atoms with Crippen molar-refractivity contribution in [2.75, 3.05) is 26.2 Å². The molecule has 0 fully saturated rings. The van der Waals surface area contributed by atoms with Crippen molar-refractivity contribution in [2.45, 2.75) is 19.0 Å². The SMILES string of the molecule is NNC(=NC[C@H](NC(=O)c1c(Cl)cc2c(c1Cl)CCN(C(=O)c1ccc3ccoc3c1)C2)C(=O)O)NCCO. The van der Waals surface area contributed by atoms with E-state index in [0.29, 0.717) is 35.2 Å². The molecule has 2 amide bonds. The molecule has 7 N–H and O–H groups in total. The molecule has 0 radical (unpaired) electrons. The van der Waals surface area contributed by atoms with Crippen molar-refractivity contribution in [3.8, 4) is 0 Å². The number of hydrazine groups is 1. The van der Waals surface area contributed by atoms with Gasteiger partial charge in [0.1, 0.15) is 11.6 Å². The molecule has 1 aliphatic rings. The third kappa shape index (κ3) is 6.25. The number of benzene rings is 2. The number of carbonyl (C=O) groups is 3. The van der Waals surface area contributed by atoms with Gasteiger partial charge in [-0.15, -0.1) is 0 Å². The van der Waals surface area contributed by atoms with Crippen LogP contribution in [-0.4, -0.2) is 71.1 Å². The number of furan rings is 1. The molecule has 39 heavy (non-hydrogen) atoms. The van der Waals surface area contributed by atoms with E-state index in [-0.39, 0.29) is 53.7 Å². The van der Waals surface area contributed by atoms with Gasteiger partial charge in [-0.1, -0.05) is 29.3 Å². The average Bonchev–Trinajstić information content (AvgIpc) is 3.39. The quantitative estimate of drug-likeness (QED) is 0.100. The lowest BCUT2D eigenvalue weighted by Gasteiger charge is -2.30. The molecular weight excluding hydrogens is 551 g/mol. The summed E-state index contributed by atoms with van der Waals surface area (Å²) in [7, 11) is 0. The Kier molecular flexibility index (Phi) is 8.92. The number of halogens is 2. The molecule has 0 unspecified atom stereocenters. The number of aliphatic hydroxyl groups is 1. The van der Waals surface area contributed by atoms with E-state index >= 15 is 0 Å². The fraction of sp³-hybridized carbons (Fsp3) is 0.280. The minimum atomic E-state index is -1.42. The van der Waals surface area contributed by atoms with Gasteiger partial charge in [0.25, 0.3) is 11.8 Å². The number of carboxylic acid groups (broad SMARTS) is 1. The van der Waals surface area contributed by atoms with Gasteiger partial charge in [-0.3, -0.25) is 15.0 Å². The van der Waals surface area contributed by atoms with Crippen LogP contribution in [0.3, 0.4) is 0 Å². The number of aliphatic imine (C=N–C) groups is 1. The monoisotopic (exact) mass is 576 g/mol. The van der Waals surface area contributed by atoms with Gasteiger partial charge in [0.05, 0.1) is 35.0 Å². The molecule has 0 aliphatic carbocycles. The second-order valence-corrected chi connectivity index (χ2v) is 9.47. The number of rotatable bonds is 8. The number of aliphatic hydroxyl groups excluding tert-OH is 1. The number of hydrogen-bond acceptors (Lipinski definition) is 7. The fourth-order valence-electron chi connectivity index (χ4n) is 4.23. The van der Waals surface area contributed by atoms with Crippen LogP contribution in [0.2, 0.25) is 10.0 Å². The van der Waals surface area contributed by atoms with E-state index in [1.54, 1.807) is 29.4 Å². The maximum Gasteiger partial charge on any atom is 0.328 e. The number of nitrogens with zero attached hydrogens (tertiary/aromatic N) is 2. The standard InChI is InChI=1S/C25H26Cl2N6O6/c26-17-9-15-12-33(23(36)14-2-1-13-4-8-39-19(13)10-14)6-3-16(15)21(27)20(17)22(35)31-18(24(37)38)11-30-25(32-28)29-5-7-34/h1-2,4,8-10,18,34H,3,5-7,11-12,28H2,(H,31,35)(H,37,38)(H2,29,30,32)/t18-/m0/s1. The summed E-state index contributed by atoms with van der Waals surface area (Å²) in [5.41, 5.74) is 4.62. The van der Waals surface area contributed by atoms with Crippen molar-refractivity contribution in [1.82, 2.24) is 21.0 Å². The number of amides is 2.